The number of Topliss-reactive ketones (excluding diaryl/α,β-unsaturated/α-hetero) is 1. The zero-order chi connectivity index (χ0) is 15.6. The van der Waals surface area contributed by atoms with E-state index < -0.39 is 6.04 Å². The highest BCUT2D eigenvalue weighted by atomic mass is 35.5. The SMILES string of the molecule is COCC(=O)C1N=C(Nc2cc(Cl)ccc2O)SC1(C)C. The third kappa shape index (κ3) is 3.70. The van der Waals surface area contributed by atoms with E-state index in [1.807, 2.05) is 13.8 Å². The van der Waals surface area contributed by atoms with Crippen molar-refractivity contribution in [2.75, 3.05) is 19.0 Å². The number of anilines is 1. The minimum Gasteiger partial charge on any atom is -0.506 e. The second-order valence-electron chi connectivity index (χ2n) is 5.23. The molecule has 0 fully saturated rings. The van der Waals surface area contributed by atoms with Gasteiger partial charge in [0.15, 0.2) is 11.0 Å². The topological polar surface area (TPSA) is 70.9 Å². The minimum atomic E-state index is -0.480. The van der Waals surface area contributed by atoms with E-state index in [4.69, 9.17) is 16.3 Å². The van der Waals surface area contributed by atoms with Gasteiger partial charge < -0.3 is 15.2 Å². The third-order valence-electron chi connectivity index (χ3n) is 3.06. The Balaban J connectivity index is 2.19. The highest BCUT2D eigenvalue weighted by Crippen LogP contribution is 2.39. The Kier molecular flexibility index (Phi) is 4.81. The van der Waals surface area contributed by atoms with Gasteiger partial charge in [0, 0.05) is 16.9 Å². The molecule has 114 valence electrons. The molecule has 0 aromatic heterocycles. The number of rotatable bonds is 4. The van der Waals surface area contributed by atoms with Gasteiger partial charge in [-0.25, -0.2) is 4.99 Å². The van der Waals surface area contributed by atoms with Gasteiger partial charge >= 0.3 is 0 Å². The number of methoxy groups -OCH3 is 1. The fourth-order valence-corrected chi connectivity index (χ4v) is 3.35. The maximum Gasteiger partial charge on any atom is 0.184 e. The van der Waals surface area contributed by atoms with E-state index in [2.05, 4.69) is 10.3 Å². The molecule has 7 heteroatoms. The van der Waals surface area contributed by atoms with Crippen LogP contribution >= 0.6 is 23.4 Å². The molecule has 1 unspecified atom stereocenters. The molecule has 21 heavy (non-hydrogen) atoms. The summed E-state index contributed by atoms with van der Waals surface area (Å²) in [5.41, 5.74) is 0.462. The highest BCUT2D eigenvalue weighted by molar-refractivity contribution is 8.15. The number of thioether (sulfide) groups is 1. The Hall–Kier alpha value is -1.24. The number of nitrogens with zero attached hydrogens (tertiary/aromatic N) is 1. The number of benzene rings is 1. The lowest BCUT2D eigenvalue weighted by Crippen LogP contribution is -2.37. The van der Waals surface area contributed by atoms with Crippen LogP contribution in [0.25, 0.3) is 0 Å². The molecule has 0 amide bonds. The van der Waals surface area contributed by atoms with Crippen LogP contribution in [-0.4, -0.2) is 40.6 Å². The molecule has 1 atom stereocenters. The predicted octanol–water partition coefficient (Wildman–Crippen LogP) is 2.92. The maximum absolute atomic E-state index is 12.0. The Morgan fingerprint density at radius 1 is 1.57 bits per heavy atom. The Morgan fingerprint density at radius 2 is 2.29 bits per heavy atom. The van der Waals surface area contributed by atoms with Crippen LogP contribution in [0.5, 0.6) is 5.75 Å². The molecule has 1 aliphatic heterocycles. The van der Waals surface area contributed by atoms with Crippen molar-refractivity contribution in [1.82, 2.24) is 0 Å². The molecule has 1 aromatic carbocycles. The number of phenolic OH excluding ortho intramolecular Hbond substituents is 1. The quantitative estimate of drug-likeness (QED) is 0.832. The van der Waals surface area contributed by atoms with Gasteiger partial charge in [-0.3, -0.25) is 4.79 Å². The summed E-state index contributed by atoms with van der Waals surface area (Å²) >= 11 is 7.36. The summed E-state index contributed by atoms with van der Waals surface area (Å²) in [6.45, 7) is 3.94. The average Bonchev–Trinajstić information content (AvgIpc) is 2.69. The first-order valence-electron chi connectivity index (χ1n) is 6.37. The van der Waals surface area contributed by atoms with Gasteiger partial charge in [0.05, 0.1) is 5.69 Å². The van der Waals surface area contributed by atoms with Crippen molar-refractivity contribution in [2.24, 2.45) is 4.99 Å². The average molecular weight is 329 g/mol. The third-order valence-corrected chi connectivity index (χ3v) is 4.44. The van der Waals surface area contributed by atoms with Crippen LogP contribution in [0.15, 0.2) is 23.2 Å². The second-order valence-corrected chi connectivity index (χ2v) is 7.31. The zero-order valence-corrected chi connectivity index (χ0v) is 13.6. The number of amidine groups is 1. The fraction of sp³-hybridized carbons (Fsp3) is 0.429. The molecule has 2 N–H and O–H groups in total. The largest absolute Gasteiger partial charge is 0.506 e. The van der Waals surface area contributed by atoms with Crippen LogP contribution in [0.2, 0.25) is 5.02 Å². The molecule has 0 saturated carbocycles. The molecule has 1 heterocycles. The first-order valence-corrected chi connectivity index (χ1v) is 7.57. The van der Waals surface area contributed by atoms with Crippen LogP contribution < -0.4 is 5.32 Å². The molecule has 0 aliphatic carbocycles. The van der Waals surface area contributed by atoms with Crippen LogP contribution in [0, 0.1) is 0 Å². The molecule has 1 aliphatic rings. The zero-order valence-electron chi connectivity index (χ0n) is 12.0. The number of ether oxygens (including phenoxy) is 1. The summed E-state index contributed by atoms with van der Waals surface area (Å²) in [7, 11) is 1.49. The lowest BCUT2D eigenvalue weighted by atomic mass is 10.0. The standard InChI is InChI=1S/C14H17ClN2O3S/c1-14(2)12(11(19)7-20-3)17-13(21-14)16-9-6-8(15)4-5-10(9)18/h4-6,12,18H,7H2,1-3H3,(H,16,17). The molecule has 1 aromatic rings. The van der Waals surface area contributed by atoms with Gasteiger partial charge in [-0.15, -0.1) is 0 Å². The number of hydrogen-bond acceptors (Lipinski definition) is 6. The van der Waals surface area contributed by atoms with E-state index in [0.29, 0.717) is 15.9 Å². The Labute approximate surface area is 132 Å². The number of ketones is 1. The molecule has 0 saturated heterocycles. The van der Waals surface area contributed by atoms with Crippen molar-refractivity contribution in [3.8, 4) is 5.75 Å². The number of nitrogens with one attached hydrogen (secondary N) is 1. The van der Waals surface area contributed by atoms with Crippen molar-refractivity contribution in [3.05, 3.63) is 23.2 Å². The van der Waals surface area contributed by atoms with Gasteiger partial charge in [-0.2, -0.15) is 0 Å². The van der Waals surface area contributed by atoms with Gasteiger partial charge in [0.1, 0.15) is 18.4 Å². The molecular formula is C14H17ClN2O3S. The summed E-state index contributed by atoms with van der Waals surface area (Å²) in [4.78, 5) is 16.4. The molecule has 0 bridgehead atoms. The molecular weight excluding hydrogens is 312 g/mol. The van der Waals surface area contributed by atoms with Gasteiger partial charge in [0.2, 0.25) is 0 Å². The lowest BCUT2D eigenvalue weighted by Gasteiger charge is -2.22. The lowest BCUT2D eigenvalue weighted by molar-refractivity contribution is -0.124. The normalized spacial score (nSPS) is 20.2. The number of hydrogen-bond donors (Lipinski definition) is 2. The summed E-state index contributed by atoms with van der Waals surface area (Å²) in [5, 5.41) is 13.9. The first kappa shape index (κ1) is 16.1. The van der Waals surface area contributed by atoms with Crippen LogP contribution in [-0.2, 0) is 9.53 Å². The smallest absolute Gasteiger partial charge is 0.184 e. The number of aliphatic imine (C=N–C) groups is 1. The van der Waals surface area contributed by atoms with Crippen molar-refractivity contribution in [3.63, 3.8) is 0 Å². The second kappa shape index (κ2) is 6.25. The summed E-state index contributed by atoms with van der Waals surface area (Å²) in [6.07, 6.45) is 0. The Bertz CT molecular complexity index is 590. The van der Waals surface area contributed by atoms with E-state index in [1.54, 1.807) is 12.1 Å². The molecule has 2 rings (SSSR count). The summed E-state index contributed by atoms with van der Waals surface area (Å²) in [6, 6.07) is 4.23. The van der Waals surface area contributed by atoms with Crippen LogP contribution in [0.1, 0.15) is 13.8 Å². The van der Waals surface area contributed by atoms with Gasteiger partial charge in [-0.1, -0.05) is 23.4 Å². The molecule has 0 spiro atoms. The number of carbonyl (C=O) groups is 1. The van der Waals surface area contributed by atoms with E-state index in [-0.39, 0.29) is 22.9 Å². The van der Waals surface area contributed by atoms with E-state index in [9.17, 15) is 9.90 Å². The van der Waals surface area contributed by atoms with E-state index in [0.717, 1.165) is 0 Å². The monoisotopic (exact) mass is 328 g/mol. The van der Waals surface area contributed by atoms with Crippen molar-refractivity contribution in [1.29, 1.82) is 0 Å². The minimum absolute atomic E-state index is 0.0356. The predicted molar refractivity (Wildman–Crippen MR) is 86.5 cm³/mol. The molecule has 0 radical (unpaired) electrons. The van der Waals surface area contributed by atoms with Crippen LogP contribution in [0.4, 0.5) is 5.69 Å². The highest BCUT2D eigenvalue weighted by Gasteiger charge is 2.42. The van der Waals surface area contributed by atoms with Gasteiger partial charge in [-0.05, 0) is 32.0 Å². The summed E-state index contributed by atoms with van der Waals surface area (Å²) in [5.74, 6) is 0.00860. The van der Waals surface area contributed by atoms with E-state index in [1.165, 1.54) is 24.9 Å². The number of aromatic hydroxyl groups is 1. The van der Waals surface area contributed by atoms with E-state index >= 15 is 0 Å². The van der Waals surface area contributed by atoms with Crippen molar-refractivity contribution < 1.29 is 14.6 Å². The number of phenols is 1. The number of carbonyl (C=O) groups excluding carboxylic acids is 1. The van der Waals surface area contributed by atoms with Gasteiger partial charge in [0.25, 0.3) is 0 Å². The maximum atomic E-state index is 12.0. The Morgan fingerprint density at radius 3 is 2.95 bits per heavy atom. The van der Waals surface area contributed by atoms with Crippen molar-refractivity contribution in [2.45, 2.75) is 24.6 Å². The van der Waals surface area contributed by atoms with Crippen LogP contribution in [0.3, 0.4) is 0 Å². The molecule has 5 nitrogen and oxygen atoms in total. The van der Waals surface area contributed by atoms with Crippen molar-refractivity contribution >= 4 is 40.0 Å². The first-order chi connectivity index (χ1) is 9.83. The fourth-order valence-electron chi connectivity index (χ4n) is 2.07. The number of halogens is 1. The summed E-state index contributed by atoms with van der Waals surface area (Å²) < 4.78 is 4.52.